The number of hydrogen-bond donors (Lipinski definition) is 0. The largest absolute Gasteiger partial charge is 0.497 e. The number of aryl methyl sites for hydroxylation is 1. The smallest absolute Gasteiger partial charge is 0.139 e. The molecule has 2 saturated carbocycles. The van der Waals surface area contributed by atoms with Crippen LogP contribution in [0.4, 0.5) is 0 Å². The highest BCUT2D eigenvalue weighted by molar-refractivity contribution is 5.90. The molecule has 3 heteroatoms. The van der Waals surface area contributed by atoms with Gasteiger partial charge >= 0.3 is 0 Å². The number of Topliss-reactive ketones (excluding diaryl/α,β-unsaturated/α-hetero) is 2. The van der Waals surface area contributed by atoms with E-state index in [0.29, 0.717) is 18.0 Å². The second-order valence-electron chi connectivity index (χ2n) is 6.81. The predicted octanol–water partition coefficient (Wildman–Crippen LogP) is 3.45. The van der Waals surface area contributed by atoms with E-state index in [2.05, 4.69) is 6.07 Å². The third-order valence-electron chi connectivity index (χ3n) is 5.50. The van der Waals surface area contributed by atoms with Crippen molar-refractivity contribution in [2.24, 2.45) is 23.7 Å². The quantitative estimate of drug-likeness (QED) is 0.855. The molecule has 0 spiro atoms. The summed E-state index contributed by atoms with van der Waals surface area (Å²) >= 11 is 0. The maximum absolute atomic E-state index is 12.4. The summed E-state index contributed by atoms with van der Waals surface area (Å²) in [5.74, 6) is 2.25. The zero-order valence-corrected chi connectivity index (χ0v) is 13.4. The topological polar surface area (TPSA) is 43.4 Å². The highest BCUT2D eigenvalue weighted by Gasteiger charge is 2.47. The van der Waals surface area contributed by atoms with Gasteiger partial charge in [-0.05, 0) is 49.3 Å². The van der Waals surface area contributed by atoms with E-state index in [0.717, 1.165) is 31.4 Å². The van der Waals surface area contributed by atoms with Crippen molar-refractivity contribution in [2.45, 2.75) is 39.0 Å². The summed E-state index contributed by atoms with van der Waals surface area (Å²) in [4.78, 5) is 24.6. The monoisotopic (exact) mass is 300 g/mol. The molecule has 4 unspecified atom stereocenters. The fourth-order valence-corrected chi connectivity index (χ4v) is 4.31. The van der Waals surface area contributed by atoms with Crippen molar-refractivity contribution in [3.8, 4) is 5.75 Å². The van der Waals surface area contributed by atoms with E-state index in [4.69, 9.17) is 4.74 Å². The Labute approximate surface area is 132 Å². The summed E-state index contributed by atoms with van der Waals surface area (Å²) in [7, 11) is 1.67. The Bertz CT molecular complexity index is 578. The van der Waals surface area contributed by atoms with Gasteiger partial charge in [-0.15, -0.1) is 0 Å². The van der Waals surface area contributed by atoms with Crippen LogP contribution in [0.1, 0.15) is 38.2 Å². The Balaban J connectivity index is 1.70. The number of hydrogen-bond acceptors (Lipinski definition) is 3. The molecule has 1 aromatic rings. The average Bonchev–Trinajstić information content (AvgIpc) is 2.81. The summed E-state index contributed by atoms with van der Waals surface area (Å²) in [5.41, 5.74) is 1.20. The molecule has 2 aliphatic carbocycles. The lowest BCUT2D eigenvalue weighted by Gasteiger charge is -2.31. The zero-order valence-electron chi connectivity index (χ0n) is 13.4. The maximum atomic E-state index is 12.4. The number of ketones is 2. The number of methoxy groups -OCH3 is 1. The van der Waals surface area contributed by atoms with Crippen LogP contribution in [0.5, 0.6) is 5.75 Å². The molecule has 0 amide bonds. The van der Waals surface area contributed by atoms with E-state index in [1.165, 1.54) is 5.56 Å². The first-order valence-electron chi connectivity index (χ1n) is 8.29. The van der Waals surface area contributed by atoms with Crippen LogP contribution < -0.4 is 4.74 Å². The Morgan fingerprint density at radius 2 is 2.09 bits per heavy atom. The maximum Gasteiger partial charge on any atom is 0.139 e. The van der Waals surface area contributed by atoms with Gasteiger partial charge in [0.1, 0.15) is 17.3 Å². The molecule has 3 rings (SSSR count). The molecule has 0 aromatic heterocycles. The van der Waals surface area contributed by atoms with E-state index in [-0.39, 0.29) is 23.7 Å². The van der Waals surface area contributed by atoms with Gasteiger partial charge in [-0.2, -0.15) is 0 Å². The van der Waals surface area contributed by atoms with Crippen molar-refractivity contribution < 1.29 is 14.3 Å². The lowest BCUT2D eigenvalue weighted by atomic mass is 9.71. The number of fused-ring (bicyclic) bond motifs is 1. The minimum atomic E-state index is 0.0684. The van der Waals surface area contributed by atoms with Crippen LogP contribution in [0.15, 0.2) is 24.3 Å². The van der Waals surface area contributed by atoms with Gasteiger partial charge in [-0.3, -0.25) is 9.59 Å². The molecule has 0 N–H and O–H groups in total. The molecular formula is C19H24O3. The van der Waals surface area contributed by atoms with Crippen LogP contribution in [0, 0.1) is 23.7 Å². The van der Waals surface area contributed by atoms with E-state index >= 15 is 0 Å². The van der Waals surface area contributed by atoms with Crippen molar-refractivity contribution >= 4 is 11.6 Å². The third kappa shape index (κ3) is 2.81. The average molecular weight is 300 g/mol. The van der Waals surface area contributed by atoms with Crippen molar-refractivity contribution in [1.82, 2.24) is 0 Å². The van der Waals surface area contributed by atoms with Crippen LogP contribution in [0.3, 0.4) is 0 Å². The van der Waals surface area contributed by atoms with Crippen molar-refractivity contribution in [1.29, 1.82) is 0 Å². The zero-order chi connectivity index (χ0) is 15.7. The Morgan fingerprint density at radius 3 is 2.86 bits per heavy atom. The Hall–Kier alpha value is -1.64. The van der Waals surface area contributed by atoms with Crippen molar-refractivity contribution in [3.63, 3.8) is 0 Å². The van der Waals surface area contributed by atoms with Crippen LogP contribution in [0.25, 0.3) is 0 Å². The highest BCUT2D eigenvalue weighted by Crippen LogP contribution is 2.46. The molecule has 0 heterocycles. The highest BCUT2D eigenvalue weighted by atomic mass is 16.5. The molecule has 0 bridgehead atoms. The van der Waals surface area contributed by atoms with Gasteiger partial charge < -0.3 is 4.74 Å². The van der Waals surface area contributed by atoms with E-state index in [1.807, 2.05) is 25.1 Å². The molecule has 0 saturated heterocycles. The molecule has 0 radical (unpaired) electrons. The first kappa shape index (κ1) is 15.3. The lowest BCUT2D eigenvalue weighted by Crippen LogP contribution is -2.34. The van der Waals surface area contributed by atoms with Crippen molar-refractivity contribution in [3.05, 3.63) is 29.8 Å². The van der Waals surface area contributed by atoms with E-state index in [9.17, 15) is 9.59 Å². The molecule has 0 aliphatic heterocycles. The van der Waals surface area contributed by atoms with Crippen LogP contribution >= 0.6 is 0 Å². The van der Waals surface area contributed by atoms with Gasteiger partial charge in [-0.1, -0.05) is 19.1 Å². The standard InChI is InChI=1S/C19H24O3/c1-12-10-17-15(18(20)9-8-16(17)19(12)21)7-6-13-4-3-5-14(11-13)22-2/h3-5,11-12,15-17H,6-10H2,1-2H3. The SMILES string of the molecule is COc1cccc(CCC2C(=O)CCC3C(=O)C(C)CC23)c1. The minimum Gasteiger partial charge on any atom is -0.497 e. The molecule has 2 fully saturated rings. The molecule has 1 aromatic carbocycles. The van der Waals surface area contributed by atoms with Crippen molar-refractivity contribution in [2.75, 3.05) is 7.11 Å². The number of carbonyl (C=O) groups excluding carboxylic acids is 2. The second kappa shape index (κ2) is 6.23. The molecule has 2 aliphatic rings. The Morgan fingerprint density at radius 1 is 1.27 bits per heavy atom. The fourth-order valence-electron chi connectivity index (χ4n) is 4.31. The lowest BCUT2D eigenvalue weighted by molar-refractivity contribution is -0.131. The van der Waals surface area contributed by atoms with Gasteiger partial charge in [0.05, 0.1) is 7.11 Å². The van der Waals surface area contributed by atoms with Gasteiger partial charge in [-0.25, -0.2) is 0 Å². The first-order chi connectivity index (χ1) is 10.6. The number of benzene rings is 1. The summed E-state index contributed by atoms with van der Waals surface area (Å²) in [6.07, 6.45) is 4.00. The number of carbonyl (C=O) groups is 2. The molecule has 4 atom stereocenters. The third-order valence-corrected chi connectivity index (χ3v) is 5.50. The Kier molecular flexibility index (Phi) is 4.32. The van der Waals surface area contributed by atoms with E-state index in [1.54, 1.807) is 7.11 Å². The predicted molar refractivity (Wildman–Crippen MR) is 84.8 cm³/mol. The van der Waals surface area contributed by atoms with Gasteiger partial charge in [0, 0.05) is 24.2 Å². The summed E-state index contributed by atoms with van der Waals surface area (Å²) in [5, 5.41) is 0. The fraction of sp³-hybridized carbons (Fsp3) is 0.579. The van der Waals surface area contributed by atoms with Gasteiger partial charge in [0.2, 0.25) is 0 Å². The normalized spacial score (nSPS) is 31.2. The van der Waals surface area contributed by atoms with Gasteiger partial charge in [0.15, 0.2) is 0 Å². The van der Waals surface area contributed by atoms with Crippen LogP contribution in [-0.2, 0) is 16.0 Å². The summed E-state index contributed by atoms with van der Waals surface area (Å²) in [6.45, 7) is 2.02. The minimum absolute atomic E-state index is 0.0684. The summed E-state index contributed by atoms with van der Waals surface area (Å²) < 4.78 is 5.25. The van der Waals surface area contributed by atoms with Crippen LogP contribution in [-0.4, -0.2) is 18.7 Å². The molecule has 3 nitrogen and oxygen atoms in total. The summed E-state index contributed by atoms with van der Waals surface area (Å²) in [6, 6.07) is 8.03. The first-order valence-corrected chi connectivity index (χ1v) is 8.29. The molecule has 118 valence electrons. The van der Waals surface area contributed by atoms with E-state index < -0.39 is 0 Å². The van der Waals surface area contributed by atoms with Crippen LogP contribution in [0.2, 0.25) is 0 Å². The molecular weight excluding hydrogens is 276 g/mol. The number of ether oxygens (including phenoxy) is 1. The van der Waals surface area contributed by atoms with Gasteiger partial charge in [0.25, 0.3) is 0 Å². The molecule has 22 heavy (non-hydrogen) atoms. The second-order valence-corrected chi connectivity index (χ2v) is 6.81. The number of rotatable bonds is 4.